The molecule has 3 nitrogen and oxygen atoms in total. The first kappa shape index (κ1) is 11.7. The number of hydrogen-bond donors (Lipinski definition) is 1. The molecule has 90 valence electrons. The van der Waals surface area contributed by atoms with Gasteiger partial charge in [-0.2, -0.15) is 0 Å². The Morgan fingerprint density at radius 3 is 2.88 bits per heavy atom. The minimum atomic E-state index is -0.716. The predicted octanol–water partition coefficient (Wildman–Crippen LogP) is 2.33. The third-order valence-corrected chi connectivity index (χ3v) is 3.05. The number of carboxylic acids is 1. The van der Waals surface area contributed by atoms with Crippen molar-refractivity contribution in [3.8, 4) is 0 Å². The van der Waals surface area contributed by atoms with Gasteiger partial charge in [0.05, 0.1) is 5.92 Å². The van der Waals surface area contributed by atoms with Gasteiger partial charge in [0.15, 0.2) is 0 Å². The van der Waals surface area contributed by atoms with Gasteiger partial charge in [0.1, 0.15) is 0 Å². The standard InChI is InChI=1S/C14H17NO2/c1-10(2)8-15-9-12(14(16)17)7-11-5-3-4-6-13(11)15/h3-6,12H,1,7-9H2,2H3,(H,16,17). The number of benzene rings is 1. The average molecular weight is 231 g/mol. The molecule has 3 heteroatoms. The van der Waals surface area contributed by atoms with Crippen molar-refractivity contribution in [3.05, 3.63) is 42.0 Å². The molecule has 1 N–H and O–H groups in total. The summed E-state index contributed by atoms with van der Waals surface area (Å²) in [6.45, 7) is 7.16. The fourth-order valence-electron chi connectivity index (χ4n) is 2.33. The lowest BCUT2D eigenvalue weighted by Crippen LogP contribution is -2.39. The molecule has 1 aliphatic heterocycles. The topological polar surface area (TPSA) is 40.5 Å². The molecule has 17 heavy (non-hydrogen) atoms. The van der Waals surface area contributed by atoms with E-state index in [-0.39, 0.29) is 5.92 Å². The smallest absolute Gasteiger partial charge is 0.308 e. The SMILES string of the molecule is C=C(C)CN1CC(C(=O)O)Cc2ccccc21. The van der Waals surface area contributed by atoms with Crippen LogP contribution in [-0.4, -0.2) is 24.2 Å². The van der Waals surface area contributed by atoms with Crippen LogP contribution in [0.4, 0.5) is 5.69 Å². The average Bonchev–Trinajstić information content (AvgIpc) is 2.28. The maximum atomic E-state index is 11.1. The van der Waals surface area contributed by atoms with E-state index in [1.165, 1.54) is 0 Å². The Bertz CT molecular complexity index is 453. The summed E-state index contributed by atoms with van der Waals surface area (Å²) in [5.74, 6) is -1.03. The van der Waals surface area contributed by atoms with Crippen LogP contribution in [0.15, 0.2) is 36.4 Å². The molecular formula is C14H17NO2. The largest absolute Gasteiger partial charge is 0.481 e. The van der Waals surface area contributed by atoms with E-state index in [0.29, 0.717) is 13.0 Å². The molecule has 1 heterocycles. The molecule has 1 atom stereocenters. The van der Waals surface area contributed by atoms with Gasteiger partial charge in [-0.1, -0.05) is 30.4 Å². The highest BCUT2D eigenvalue weighted by molar-refractivity contribution is 5.74. The maximum Gasteiger partial charge on any atom is 0.308 e. The van der Waals surface area contributed by atoms with E-state index in [2.05, 4.69) is 17.5 Å². The zero-order valence-electron chi connectivity index (χ0n) is 10.0. The molecule has 0 bridgehead atoms. The van der Waals surface area contributed by atoms with Crippen molar-refractivity contribution >= 4 is 11.7 Å². The van der Waals surface area contributed by atoms with Gasteiger partial charge in [0.25, 0.3) is 0 Å². The van der Waals surface area contributed by atoms with Gasteiger partial charge in [0, 0.05) is 18.8 Å². The summed E-state index contributed by atoms with van der Waals surface area (Å²) in [7, 11) is 0. The second-order valence-electron chi connectivity index (χ2n) is 4.71. The van der Waals surface area contributed by atoms with Crippen LogP contribution >= 0.6 is 0 Å². The highest BCUT2D eigenvalue weighted by Gasteiger charge is 2.28. The number of carboxylic acid groups (broad SMARTS) is 1. The fourth-order valence-corrected chi connectivity index (χ4v) is 2.33. The van der Waals surface area contributed by atoms with E-state index in [0.717, 1.165) is 23.4 Å². The molecule has 2 rings (SSSR count). The second-order valence-corrected chi connectivity index (χ2v) is 4.71. The van der Waals surface area contributed by atoms with Crippen LogP contribution in [0.25, 0.3) is 0 Å². The number of hydrogen-bond acceptors (Lipinski definition) is 2. The molecule has 0 saturated carbocycles. The number of para-hydroxylation sites is 1. The number of nitrogens with zero attached hydrogens (tertiary/aromatic N) is 1. The lowest BCUT2D eigenvalue weighted by Gasteiger charge is -2.34. The van der Waals surface area contributed by atoms with E-state index >= 15 is 0 Å². The quantitative estimate of drug-likeness (QED) is 0.812. The summed E-state index contributed by atoms with van der Waals surface area (Å²) < 4.78 is 0. The second kappa shape index (κ2) is 4.62. The maximum absolute atomic E-state index is 11.1. The lowest BCUT2D eigenvalue weighted by atomic mass is 9.92. The summed E-state index contributed by atoms with van der Waals surface area (Å²) in [6.07, 6.45) is 0.623. The van der Waals surface area contributed by atoms with Gasteiger partial charge < -0.3 is 10.0 Å². The highest BCUT2D eigenvalue weighted by atomic mass is 16.4. The zero-order valence-corrected chi connectivity index (χ0v) is 10.0. The number of fused-ring (bicyclic) bond motifs is 1. The van der Waals surface area contributed by atoms with Gasteiger partial charge in [0.2, 0.25) is 0 Å². The van der Waals surface area contributed by atoms with Crippen LogP contribution in [0, 0.1) is 5.92 Å². The number of rotatable bonds is 3. The Hall–Kier alpha value is -1.77. The zero-order chi connectivity index (χ0) is 12.4. The fraction of sp³-hybridized carbons (Fsp3) is 0.357. The Labute approximate surface area is 101 Å². The van der Waals surface area contributed by atoms with Crippen molar-refractivity contribution in [1.29, 1.82) is 0 Å². The molecule has 0 aliphatic carbocycles. The van der Waals surface area contributed by atoms with Crippen LogP contribution in [0.3, 0.4) is 0 Å². The first-order valence-corrected chi connectivity index (χ1v) is 5.78. The highest BCUT2D eigenvalue weighted by Crippen LogP contribution is 2.29. The Morgan fingerprint density at radius 2 is 2.24 bits per heavy atom. The van der Waals surface area contributed by atoms with Gasteiger partial charge in [-0.25, -0.2) is 0 Å². The van der Waals surface area contributed by atoms with Crippen LogP contribution in [0.5, 0.6) is 0 Å². The van der Waals surface area contributed by atoms with Gasteiger partial charge >= 0.3 is 5.97 Å². The molecule has 1 aromatic rings. The monoisotopic (exact) mass is 231 g/mol. The molecular weight excluding hydrogens is 214 g/mol. The Balaban J connectivity index is 2.32. The van der Waals surface area contributed by atoms with Crippen LogP contribution in [0.2, 0.25) is 0 Å². The molecule has 0 radical (unpaired) electrons. The predicted molar refractivity (Wildman–Crippen MR) is 68.3 cm³/mol. The van der Waals surface area contributed by atoms with Crippen LogP contribution in [0.1, 0.15) is 12.5 Å². The van der Waals surface area contributed by atoms with Crippen molar-refractivity contribution < 1.29 is 9.90 Å². The molecule has 0 amide bonds. The summed E-state index contributed by atoms with van der Waals surface area (Å²) in [5, 5.41) is 9.17. The molecule has 0 spiro atoms. The number of aliphatic carboxylic acids is 1. The van der Waals surface area contributed by atoms with E-state index < -0.39 is 5.97 Å². The van der Waals surface area contributed by atoms with E-state index in [1.807, 2.05) is 25.1 Å². The molecule has 0 fully saturated rings. The van der Waals surface area contributed by atoms with Crippen LogP contribution < -0.4 is 4.90 Å². The minimum Gasteiger partial charge on any atom is -0.481 e. The summed E-state index contributed by atoms with van der Waals surface area (Å²) in [6, 6.07) is 8.01. The van der Waals surface area contributed by atoms with Crippen molar-refractivity contribution in [2.75, 3.05) is 18.0 Å². The lowest BCUT2D eigenvalue weighted by molar-refractivity contribution is -0.141. The molecule has 1 aliphatic rings. The number of carbonyl (C=O) groups is 1. The van der Waals surface area contributed by atoms with Crippen molar-refractivity contribution in [1.82, 2.24) is 0 Å². The summed E-state index contributed by atoms with van der Waals surface area (Å²) >= 11 is 0. The number of anilines is 1. The normalized spacial score (nSPS) is 18.6. The minimum absolute atomic E-state index is 0.316. The summed E-state index contributed by atoms with van der Waals surface area (Å²) in [5.41, 5.74) is 3.31. The van der Waals surface area contributed by atoms with Gasteiger partial charge in [-0.3, -0.25) is 4.79 Å². The third-order valence-electron chi connectivity index (χ3n) is 3.05. The van der Waals surface area contributed by atoms with E-state index in [9.17, 15) is 4.79 Å². The van der Waals surface area contributed by atoms with E-state index in [4.69, 9.17) is 5.11 Å². The van der Waals surface area contributed by atoms with Crippen molar-refractivity contribution in [3.63, 3.8) is 0 Å². The molecule has 0 saturated heterocycles. The first-order chi connectivity index (χ1) is 8.08. The molecule has 0 aromatic heterocycles. The summed E-state index contributed by atoms with van der Waals surface area (Å²) in [4.78, 5) is 13.3. The van der Waals surface area contributed by atoms with Crippen molar-refractivity contribution in [2.24, 2.45) is 5.92 Å². The van der Waals surface area contributed by atoms with E-state index in [1.54, 1.807) is 0 Å². The van der Waals surface area contributed by atoms with Gasteiger partial charge in [-0.05, 0) is 25.0 Å². The Kier molecular flexibility index (Phi) is 3.18. The first-order valence-electron chi connectivity index (χ1n) is 5.78. The van der Waals surface area contributed by atoms with Gasteiger partial charge in [-0.15, -0.1) is 0 Å². The van der Waals surface area contributed by atoms with Crippen molar-refractivity contribution in [2.45, 2.75) is 13.3 Å². The molecule has 1 aromatic carbocycles. The third kappa shape index (κ3) is 2.49. The van der Waals surface area contributed by atoms with Crippen LogP contribution in [-0.2, 0) is 11.2 Å². The Morgan fingerprint density at radius 1 is 1.53 bits per heavy atom. The molecule has 1 unspecified atom stereocenters.